The van der Waals surface area contributed by atoms with Crippen molar-refractivity contribution in [2.24, 2.45) is 0 Å². The van der Waals surface area contributed by atoms with Crippen molar-refractivity contribution >= 4 is 29.5 Å². The van der Waals surface area contributed by atoms with Crippen LogP contribution >= 0.6 is 11.8 Å². The summed E-state index contributed by atoms with van der Waals surface area (Å²) in [6.07, 6.45) is -4.53. The molecule has 2 amide bonds. The van der Waals surface area contributed by atoms with Crippen LogP contribution in [0, 0.1) is 0 Å². The van der Waals surface area contributed by atoms with Crippen LogP contribution in [0.1, 0.15) is 19.4 Å². The van der Waals surface area contributed by atoms with Crippen molar-refractivity contribution in [3.8, 4) is 5.75 Å². The highest BCUT2D eigenvalue weighted by Crippen LogP contribution is 2.50. The number of amides is 2. The lowest BCUT2D eigenvalue weighted by Crippen LogP contribution is -2.70. The van der Waals surface area contributed by atoms with Crippen LogP contribution in [-0.4, -0.2) is 56.6 Å². The van der Waals surface area contributed by atoms with Gasteiger partial charge in [0, 0.05) is 4.75 Å². The second-order valence-electron chi connectivity index (χ2n) is 6.96. The lowest BCUT2D eigenvalue weighted by atomic mass is 9.96. The van der Waals surface area contributed by atoms with Gasteiger partial charge in [0.1, 0.15) is 23.2 Å². The number of thioether (sulfide) groups is 1. The van der Waals surface area contributed by atoms with Gasteiger partial charge in [0.2, 0.25) is 5.91 Å². The number of benzene rings is 1. The van der Waals surface area contributed by atoms with E-state index in [0.717, 1.165) is 18.2 Å². The first-order chi connectivity index (χ1) is 12.9. The molecule has 7 nitrogen and oxygen atoms in total. The van der Waals surface area contributed by atoms with Crippen LogP contribution < -0.4 is 10.1 Å². The summed E-state index contributed by atoms with van der Waals surface area (Å²) in [5.74, 6) is -2.45. The number of hydrogen-bond donors (Lipinski definition) is 2. The maximum absolute atomic E-state index is 12.7. The van der Waals surface area contributed by atoms with E-state index in [1.165, 1.54) is 22.7 Å². The summed E-state index contributed by atoms with van der Waals surface area (Å²) in [7, 11) is 0. The molecule has 28 heavy (non-hydrogen) atoms. The minimum absolute atomic E-state index is 0.131. The van der Waals surface area contributed by atoms with Crippen molar-refractivity contribution in [2.75, 3.05) is 6.61 Å². The fourth-order valence-electron chi connectivity index (χ4n) is 3.27. The molecule has 2 saturated heterocycles. The van der Waals surface area contributed by atoms with Gasteiger partial charge in [-0.2, -0.15) is 13.2 Å². The molecular weight excluding hydrogens is 401 g/mol. The Morgan fingerprint density at radius 1 is 1.36 bits per heavy atom. The number of carbonyl (C=O) groups is 3. The summed E-state index contributed by atoms with van der Waals surface area (Å²) in [6, 6.07) is 2.21. The Kier molecular flexibility index (Phi) is 4.98. The van der Waals surface area contributed by atoms with Crippen LogP contribution in [0.3, 0.4) is 0 Å². The van der Waals surface area contributed by atoms with E-state index < -0.39 is 58.3 Å². The molecule has 2 N–H and O–H groups in total. The number of hydrogen-bond acceptors (Lipinski definition) is 5. The minimum atomic E-state index is -4.53. The molecule has 11 heteroatoms. The van der Waals surface area contributed by atoms with Crippen molar-refractivity contribution in [2.45, 2.75) is 42.2 Å². The average molecular weight is 418 g/mol. The molecule has 2 aliphatic heterocycles. The quantitative estimate of drug-likeness (QED) is 0.707. The van der Waals surface area contributed by atoms with E-state index >= 15 is 0 Å². The molecule has 1 aromatic carbocycles. The smallest absolute Gasteiger partial charge is 0.416 e. The fraction of sp³-hybridized carbons (Fsp3) is 0.471. The Morgan fingerprint density at radius 3 is 2.64 bits per heavy atom. The highest BCUT2D eigenvalue weighted by Gasteiger charge is 2.64. The van der Waals surface area contributed by atoms with Gasteiger partial charge in [-0.05, 0) is 32.0 Å². The predicted octanol–water partition coefficient (Wildman–Crippen LogP) is 1.72. The highest BCUT2D eigenvalue weighted by molar-refractivity contribution is 8.01. The van der Waals surface area contributed by atoms with Crippen LogP contribution in [0.25, 0.3) is 0 Å². The third kappa shape index (κ3) is 3.62. The molecule has 2 aliphatic rings. The zero-order valence-corrected chi connectivity index (χ0v) is 15.6. The Balaban J connectivity index is 1.58. The lowest BCUT2D eigenvalue weighted by Gasteiger charge is -2.43. The third-order valence-corrected chi connectivity index (χ3v) is 6.09. The fourth-order valence-corrected chi connectivity index (χ4v) is 4.90. The van der Waals surface area contributed by atoms with Crippen molar-refractivity contribution in [1.29, 1.82) is 0 Å². The van der Waals surface area contributed by atoms with Gasteiger partial charge in [0.25, 0.3) is 5.91 Å². The zero-order valence-electron chi connectivity index (χ0n) is 14.8. The first kappa shape index (κ1) is 20.3. The number of nitrogens with zero attached hydrogens (tertiary/aromatic N) is 1. The van der Waals surface area contributed by atoms with E-state index in [-0.39, 0.29) is 5.75 Å². The van der Waals surface area contributed by atoms with E-state index in [9.17, 15) is 32.7 Å². The number of halogens is 3. The second-order valence-corrected chi connectivity index (χ2v) is 8.73. The van der Waals surface area contributed by atoms with Gasteiger partial charge < -0.3 is 20.1 Å². The molecule has 0 saturated carbocycles. The van der Waals surface area contributed by atoms with Crippen LogP contribution in [0.4, 0.5) is 13.2 Å². The van der Waals surface area contributed by atoms with Gasteiger partial charge in [-0.3, -0.25) is 9.59 Å². The number of β-lactam (4-membered cyclic amide) rings is 1. The standard InChI is InChI=1S/C17H17F3N2O5S/c1-16(2)12(15(25)26)22-13(24)11(14(22)28-16)21-10(23)7-27-9-5-3-4-8(6-9)17(18,19)20/h3-6,11-12,14H,7H2,1-2H3,(H,21,23)(H,25,26)/t11-,12+,14-/m1/s1. The number of carboxylic acids is 1. The van der Waals surface area contributed by atoms with Crippen LogP contribution in [-0.2, 0) is 20.6 Å². The number of carbonyl (C=O) groups excluding carboxylic acids is 2. The number of nitrogens with one attached hydrogen (secondary N) is 1. The monoisotopic (exact) mass is 418 g/mol. The maximum atomic E-state index is 12.7. The molecule has 3 atom stereocenters. The Morgan fingerprint density at radius 2 is 2.04 bits per heavy atom. The lowest BCUT2D eigenvalue weighted by molar-refractivity contribution is -0.161. The number of carboxylic acid groups (broad SMARTS) is 1. The molecule has 0 aromatic heterocycles. The van der Waals surface area contributed by atoms with Crippen molar-refractivity contribution < 1.29 is 37.4 Å². The first-order valence-corrected chi connectivity index (χ1v) is 9.12. The molecule has 2 fully saturated rings. The highest BCUT2D eigenvalue weighted by atomic mass is 32.2. The molecule has 0 unspecified atom stereocenters. The summed E-state index contributed by atoms with van der Waals surface area (Å²) >= 11 is 1.27. The largest absolute Gasteiger partial charge is 0.484 e. The molecule has 0 radical (unpaired) electrons. The SMILES string of the molecule is CC1(C)S[C@@H]2[C@H](NC(=O)COc3cccc(C(F)(F)F)c3)C(=O)N2[C@H]1C(=O)O. The normalized spacial score (nSPS) is 25.7. The van der Waals surface area contributed by atoms with E-state index in [0.29, 0.717) is 0 Å². The summed E-state index contributed by atoms with van der Waals surface area (Å²) in [5.41, 5.74) is -0.903. The van der Waals surface area contributed by atoms with Crippen molar-refractivity contribution in [3.63, 3.8) is 0 Å². The molecule has 0 bridgehead atoms. The first-order valence-electron chi connectivity index (χ1n) is 8.24. The van der Waals surface area contributed by atoms with Crippen LogP contribution in [0.2, 0.25) is 0 Å². The second kappa shape index (κ2) is 6.87. The van der Waals surface area contributed by atoms with Crippen molar-refractivity contribution in [1.82, 2.24) is 10.2 Å². The van der Waals surface area contributed by atoms with Crippen LogP contribution in [0.15, 0.2) is 24.3 Å². The number of rotatable bonds is 5. The Labute approximate surface area is 162 Å². The molecule has 152 valence electrons. The Bertz CT molecular complexity index is 829. The molecule has 2 heterocycles. The van der Waals surface area contributed by atoms with E-state index in [1.807, 2.05) is 0 Å². The average Bonchev–Trinajstić information content (AvgIpc) is 2.85. The third-order valence-electron chi connectivity index (χ3n) is 4.52. The topological polar surface area (TPSA) is 95.9 Å². The maximum Gasteiger partial charge on any atom is 0.416 e. The van der Waals surface area contributed by atoms with Crippen LogP contribution in [0.5, 0.6) is 5.75 Å². The number of fused-ring (bicyclic) bond motifs is 1. The predicted molar refractivity (Wildman–Crippen MR) is 92.6 cm³/mol. The van der Waals surface area contributed by atoms with Gasteiger partial charge in [0.15, 0.2) is 6.61 Å². The van der Waals surface area contributed by atoms with Gasteiger partial charge in [0.05, 0.1) is 5.56 Å². The molecule has 0 aliphatic carbocycles. The molecular formula is C17H17F3N2O5S. The number of aliphatic carboxylic acids is 1. The summed E-state index contributed by atoms with van der Waals surface area (Å²) < 4.78 is 42.4. The van der Waals surface area contributed by atoms with Gasteiger partial charge in [-0.15, -0.1) is 11.8 Å². The molecule has 3 rings (SSSR count). The summed E-state index contributed by atoms with van der Waals surface area (Å²) in [5, 5.41) is 11.3. The summed E-state index contributed by atoms with van der Waals surface area (Å²) in [4.78, 5) is 37.0. The number of ether oxygens (including phenoxy) is 1. The van der Waals surface area contributed by atoms with Crippen molar-refractivity contribution in [3.05, 3.63) is 29.8 Å². The minimum Gasteiger partial charge on any atom is -0.484 e. The Hall–Kier alpha value is -2.43. The van der Waals surface area contributed by atoms with E-state index in [2.05, 4.69) is 5.32 Å². The van der Waals surface area contributed by atoms with Gasteiger partial charge in [-0.25, -0.2) is 4.79 Å². The molecule has 1 aromatic rings. The number of alkyl halides is 3. The van der Waals surface area contributed by atoms with E-state index in [1.54, 1.807) is 13.8 Å². The summed E-state index contributed by atoms with van der Waals surface area (Å²) in [6.45, 7) is 2.84. The zero-order chi connectivity index (χ0) is 20.9. The van der Waals surface area contributed by atoms with Gasteiger partial charge >= 0.3 is 12.1 Å². The van der Waals surface area contributed by atoms with E-state index in [4.69, 9.17) is 4.74 Å². The van der Waals surface area contributed by atoms with Gasteiger partial charge in [-0.1, -0.05) is 6.07 Å². The molecule has 0 spiro atoms.